The van der Waals surface area contributed by atoms with Crippen LogP contribution < -0.4 is 4.90 Å². The Morgan fingerprint density at radius 3 is 2.85 bits per heavy atom. The number of aromatic nitrogens is 4. The van der Waals surface area contributed by atoms with Gasteiger partial charge >= 0.3 is 0 Å². The first-order chi connectivity index (χ1) is 9.74. The Bertz CT molecular complexity index is 732. The minimum atomic E-state index is 0.628. The third kappa shape index (κ3) is 2.53. The van der Waals surface area contributed by atoms with Crippen LogP contribution in [0.3, 0.4) is 0 Å². The van der Waals surface area contributed by atoms with E-state index in [0.717, 1.165) is 22.4 Å². The fourth-order valence-electron chi connectivity index (χ4n) is 2.05. The van der Waals surface area contributed by atoms with Gasteiger partial charge in [0, 0.05) is 29.9 Å². The van der Waals surface area contributed by atoms with Gasteiger partial charge in [0.25, 0.3) is 0 Å². The average molecular weight is 286 g/mol. The monoisotopic (exact) mass is 285 g/mol. The third-order valence-corrected chi connectivity index (χ3v) is 3.19. The standard InChI is InChI=1S/C14H12ClN5/c1-20(8-11-7-16-4-5-17-11)14-12-3-2-10(15)6-13(12)18-9-19-14/h2-7,9H,8H2,1H3. The van der Waals surface area contributed by atoms with Gasteiger partial charge in [-0.15, -0.1) is 0 Å². The highest BCUT2D eigenvalue weighted by molar-refractivity contribution is 6.31. The van der Waals surface area contributed by atoms with Crippen molar-refractivity contribution in [3.8, 4) is 0 Å². The van der Waals surface area contributed by atoms with E-state index < -0.39 is 0 Å². The van der Waals surface area contributed by atoms with Crippen molar-refractivity contribution in [3.63, 3.8) is 0 Å². The molecule has 0 radical (unpaired) electrons. The molecule has 3 aromatic rings. The van der Waals surface area contributed by atoms with Crippen molar-refractivity contribution in [1.29, 1.82) is 0 Å². The number of anilines is 1. The van der Waals surface area contributed by atoms with Crippen molar-refractivity contribution in [2.24, 2.45) is 0 Å². The van der Waals surface area contributed by atoms with Gasteiger partial charge < -0.3 is 4.90 Å². The Morgan fingerprint density at radius 1 is 1.15 bits per heavy atom. The molecule has 0 N–H and O–H groups in total. The van der Waals surface area contributed by atoms with Gasteiger partial charge in [-0.3, -0.25) is 9.97 Å². The normalized spacial score (nSPS) is 10.7. The van der Waals surface area contributed by atoms with Gasteiger partial charge in [-0.25, -0.2) is 9.97 Å². The van der Waals surface area contributed by atoms with E-state index in [1.165, 1.54) is 0 Å². The third-order valence-electron chi connectivity index (χ3n) is 2.95. The Morgan fingerprint density at radius 2 is 2.05 bits per heavy atom. The second-order valence-electron chi connectivity index (χ2n) is 4.41. The largest absolute Gasteiger partial charge is 0.353 e. The zero-order valence-corrected chi connectivity index (χ0v) is 11.6. The van der Waals surface area contributed by atoms with E-state index in [9.17, 15) is 0 Å². The minimum absolute atomic E-state index is 0.628. The van der Waals surface area contributed by atoms with Gasteiger partial charge in [0.05, 0.1) is 24.0 Å². The fraction of sp³-hybridized carbons (Fsp3) is 0.143. The minimum Gasteiger partial charge on any atom is -0.353 e. The smallest absolute Gasteiger partial charge is 0.139 e. The van der Waals surface area contributed by atoms with Gasteiger partial charge in [0.15, 0.2) is 0 Å². The molecule has 2 aromatic heterocycles. The Kier molecular flexibility index (Phi) is 3.43. The molecule has 0 bridgehead atoms. The molecule has 0 saturated carbocycles. The highest BCUT2D eigenvalue weighted by Gasteiger charge is 2.10. The lowest BCUT2D eigenvalue weighted by molar-refractivity contribution is 0.858. The van der Waals surface area contributed by atoms with Crippen LogP contribution in [0.15, 0.2) is 43.1 Å². The van der Waals surface area contributed by atoms with Crippen molar-refractivity contribution < 1.29 is 0 Å². The quantitative estimate of drug-likeness (QED) is 0.740. The van der Waals surface area contributed by atoms with E-state index in [4.69, 9.17) is 11.6 Å². The van der Waals surface area contributed by atoms with Crippen molar-refractivity contribution >= 4 is 28.3 Å². The SMILES string of the molecule is CN(Cc1cnccn1)c1ncnc2cc(Cl)ccc12. The van der Waals surface area contributed by atoms with Crippen molar-refractivity contribution in [2.75, 3.05) is 11.9 Å². The molecule has 0 aliphatic heterocycles. The molecule has 0 fully saturated rings. The molecular formula is C14H12ClN5. The number of nitrogens with zero attached hydrogens (tertiary/aromatic N) is 5. The van der Waals surface area contributed by atoms with Crippen molar-refractivity contribution in [1.82, 2.24) is 19.9 Å². The molecule has 20 heavy (non-hydrogen) atoms. The predicted molar refractivity (Wildman–Crippen MR) is 78.7 cm³/mol. The van der Waals surface area contributed by atoms with Crippen LogP contribution in [0.1, 0.15) is 5.69 Å². The molecule has 0 spiro atoms. The van der Waals surface area contributed by atoms with Crippen LogP contribution in [-0.2, 0) is 6.54 Å². The predicted octanol–water partition coefficient (Wildman–Crippen LogP) is 2.71. The Balaban J connectivity index is 1.97. The molecule has 0 amide bonds. The van der Waals surface area contributed by atoms with Crippen molar-refractivity contribution in [2.45, 2.75) is 6.54 Å². The maximum absolute atomic E-state index is 5.99. The van der Waals surface area contributed by atoms with Gasteiger partial charge in [0.1, 0.15) is 12.1 Å². The van der Waals surface area contributed by atoms with E-state index >= 15 is 0 Å². The molecular weight excluding hydrogens is 274 g/mol. The lowest BCUT2D eigenvalue weighted by Crippen LogP contribution is -2.19. The van der Waals surface area contributed by atoms with Gasteiger partial charge in [-0.1, -0.05) is 11.6 Å². The Labute approximate surface area is 121 Å². The average Bonchev–Trinajstić information content (AvgIpc) is 2.47. The molecule has 6 heteroatoms. The summed E-state index contributed by atoms with van der Waals surface area (Å²) in [6.45, 7) is 0.628. The number of halogens is 1. The van der Waals surface area contributed by atoms with Crippen LogP contribution in [0.5, 0.6) is 0 Å². The van der Waals surface area contributed by atoms with Crippen LogP contribution in [0.4, 0.5) is 5.82 Å². The second kappa shape index (κ2) is 5.38. The maximum atomic E-state index is 5.99. The zero-order valence-electron chi connectivity index (χ0n) is 10.9. The highest BCUT2D eigenvalue weighted by Crippen LogP contribution is 2.25. The maximum Gasteiger partial charge on any atom is 0.139 e. The molecule has 0 aliphatic rings. The second-order valence-corrected chi connectivity index (χ2v) is 4.85. The van der Waals surface area contributed by atoms with Crippen LogP contribution in [0.25, 0.3) is 10.9 Å². The van der Waals surface area contributed by atoms with E-state index in [2.05, 4.69) is 19.9 Å². The summed E-state index contributed by atoms with van der Waals surface area (Å²) in [5, 5.41) is 1.63. The topological polar surface area (TPSA) is 54.8 Å². The first-order valence-electron chi connectivity index (χ1n) is 6.10. The van der Waals surface area contributed by atoms with Crippen LogP contribution >= 0.6 is 11.6 Å². The van der Waals surface area contributed by atoms with Gasteiger partial charge in [-0.2, -0.15) is 0 Å². The lowest BCUT2D eigenvalue weighted by Gasteiger charge is -2.18. The summed E-state index contributed by atoms with van der Waals surface area (Å²) in [5.41, 5.74) is 1.71. The van der Waals surface area contributed by atoms with Crippen LogP contribution in [0.2, 0.25) is 5.02 Å². The first-order valence-corrected chi connectivity index (χ1v) is 6.48. The number of rotatable bonds is 3. The molecule has 3 rings (SSSR count). The first kappa shape index (κ1) is 12.7. The molecule has 5 nitrogen and oxygen atoms in total. The molecule has 0 unspecified atom stereocenters. The summed E-state index contributed by atoms with van der Waals surface area (Å²) in [4.78, 5) is 18.9. The summed E-state index contributed by atoms with van der Waals surface area (Å²) in [5.74, 6) is 0.845. The van der Waals surface area contributed by atoms with E-state index in [1.807, 2.05) is 30.1 Å². The van der Waals surface area contributed by atoms with Gasteiger partial charge in [0.2, 0.25) is 0 Å². The molecule has 100 valence electrons. The lowest BCUT2D eigenvalue weighted by atomic mass is 10.2. The fourth-order valence-corrected chi connectivity index (χ4v) is 2.22. The zero-order chi connectivity index (χ0) is 13.9. The summed E-state index contributed by atoms with van der Waals surface area (Å²) in [6.07, 6.45) is 6.63. The number of hydrogen-bond donors (Lipinski definition) is 0. The van der Waals surface area contributed by atoms with E-state index in [0.29, 0.717) is 11.6 Å². The molecule has 0 saturated heterocycles. The van der Waals surface area contributed by atoms with E-state index in [-0.39, 0.29) is 0 Å². The summed E-state index contributed by atoms with van der Waals surface area (Å²) < 4.78 is 0. The summed E-state index contributed by atoms with van der Waals surface area (Å²) >= 11 is 5.99. The molecule has 1 aromatic carbocycles. The Hall–Kier alpha value is -2.27. The van der Waals surface area contributed by atoms with Crippen molar-refractivity contribution in [3.05, 3.63) is 53.8 Å². The highest BCUT2D eigenvalue weighted by atomic mass is 35.5. The van der Waals surface area contributed by atoms with E-state index in [1.54, 1.807) is 24.9 Å². The summed E-state index contributed by atoms with van der Waals surface area (Å²) in [7, 11) is 1.96. The van der Waals surface area contributed by atoms with Crippen LogP contribution in [-0.4, -0.2) is 27.0 Å². The number of fused-ring (bicyclic) bond motifs is 1. The molecule has 2 heterocycles. The molecule has 0 atom stereocenters. The molecule has 0 aliphatic carbocycles. The summed E-state index contributed by atoms with van der Waals surface area (Å²) in [6, 6.07) is 5.60. The van der Waals surface area contributed by atoms with Crippen LogP contribution in [0, 0.1) is 0 Å². The van der Waals surface area contributed by atoms with Gasteiger partial charge in [-0.05, 0) is 18.2 Å². The number of benzene rings is 1. The number of hydrogen-bond acceptors (Lipinski definition) is 5.